The number of carbonyl (C=O) groups excluding carboxylic acids is 1. The van der Waals surface area contributed by atoms with Gasteiger partial charge in [0.05, 0.1) is 7.11 Å². The fourth-order valence-corrected chi connectivity index (χ4v) is 3.95. The van der Waals surface area contributed by atoms with E-state index in [0.29, 0.717) is 18.1 Å². The van der Waals surface area contributed by atoms with Gasteiger partial charge in [-0.15, -0.1) is 0 Å². The van der Waals surface area contributed by atoms with Gasteiger partial charge >= 0.3 is 5.97 Å². The Hall–Kier alpha value is -0.650. The molecule has 0 aromatic rings. The number of methoxy groups -OCH3 is 1. The van der Waals surface area contributed by atoms with E-state index in [4.69, 9.17) is 9.47 Å². The van der Waals surface area contributed by atoms with E-state index in [9.17, 15) is 4.79 Å². The molecular weight excluding hydrogens is 268 g/mol. The average Bonchev–Trinajstić information content (AvgIpc) is 3.23. The minimum absolute atomic E-state index is 0.0720. The minimum Gasteiger partial charge on any atom is -0.468 e. The largest absolute Gasteiger partial charge is 0.468 e. The van der Waals surface area contributed by atoms with Crippen molar-refractivity contribution in [3.05, 3.63) is 0 Å². The quantitative estimate of drug-likeness (QED) is 0.775. The maximum absolute atomic E-state index is 12.3. The Morgan fingerprint density at radius 3 is 2.52 bits per heavy atom. The molecule has 0 spiro atoms. The van der Waals surface area contributed by atoms with Gasteiger partial charge in [0.2, 0.25) is 0 Å². The van der Waals surface area contributed by atoms with Gasteiger partial charge in [-0.05, 0) is 52.0 Å². The Balaban J connectivity index is 1.64. The first-order valence-corrected chi connectivity index (χ1v) is 8.30. The Morgan fingerprint density at radius 1 is 1.19 bits per heavy atom. The van der Waals surface area contributed by atoms with Crippen molar-refractivity contribution in [2.75, 3.05) is 27.4 Å². The van der Waals surface area contributed by atoms with Crippen LogP contribution in [0.2, 0.25) is 0 Å². The van der Waals surface area contributed by atoms with Crippen molar-refractivity contribution in [2.24, 2.45) is 0 Å². The lowest BCUT2D eigenvalue weighted by molar-refractivity contribution is -0.148. The molecule has 1 saturated heterocycles. The van der Waals surface area contributed by atoms with Gasteiger partial charge in [-0.3, -0.25) is 10.1 Å². The normalized spacial score (nSPS) is 34.3. The summed E-state index contributed by atoms with van der Waals surface area (Å²) in [5.74, 6) is -0.0720. The highest BCUT2D eigenvalue weighted by atomic mass is 16.5. The molecule has 120 valence electrons. The van der Waals surface area contributed by atoms with E-state index < -0.39 is 5.54 Å². The van der Waals surface area contributed by atoms with E-state index in [0.717, 1.165) is 45.3 Å². The Kier molecular flexibility index (Phi) is 4.52. The van der Waals surface area contributed by atoms with Crippen LogP contribution in [0.4, 0.5) is 0 Å². The smallest absolute Gasteiger partial charge is 0.326 e. The summed E-state index contributed by atoms with van der Waals surface area (Å²) in [6, 6.07) is 1.59. The number of esters is 1. The molecule has 0 bridgehead atoms. The SMILES string of the molecule is COC(=O)C1(NC2CC2)CCC(N(C)C2CCOCC2)C1. The van der Waals surface area contributed by atoms with Crippen LogP contribution in [0, 0.1) is 0 Å². The standard InChI is InChI=1S/C16H28N2O3/c1-18(13-6-9-21-10-7-13)14-5-8-16(11-14,15(19)20-2)17-12-3-4-12/h12-14,17H,3-11H2,1-2H3. The van der Waals surface area contributed by atoms with Crippen LogP contribution in [0.15, 0.2) is 0 Å². The molecule has 5 nitrogen and oxygen atoms in total. The first-order valence-electron chi connectivity index (χ1n) is 8.30. The van der Waals surface area contributed by atoms with Crippen molar-refractivity contribution < 1.29 is 14.3 Å². The molecule has 1 aliphatic heterocycles. The number of nitrogens with zero attached hydrogens (tertiary/aromatic N) is 1. The van der Waals surface area contributed by atoms with Gasteiger partial charge in [-0.2, -0.15) is 0 Å². The topological polar surface area (TPSA) is 50.8 Å². The Labute approximate surface area is 127 Å². The molecule has 2 atom stereocenters. The zero-order chi connectivity index (χ0) is 14.9. The van der Waals surface area contributed by atoms with Gasteiger partial charge in [-0.25, -0.2) is 0 Å². The van der Waals surface area contributed by atoms with Gasteiger partial charge in [0.1, 0.15) is 5.54 Å². The number of hydrogen-bond donors (Lipinski definition) is 1. The average molecular weight is 296 g/mol. The zero-order valence-corrected chi connectivity index (χ0v) is 13.3. The fraction of sp³-hybridized carbons (Fsp3) is 0.938. The van der Waals surface area contributed by atoms with E-state index in [-0.39, 0.29) is 5.97 Å². The highest BCUT2D eigenvalue weighted by Gasteiger charge is 2.50. The molecular formula is C16H28N2O3. The van der Waals surface area contributed by atoms with Crippen molar-refractivity contribution in [1.82, 2.24) is 10.2 Å². The molecule has 3 rings (SSSR count). The van der Waals surface area contributed by atoms with Crippen LogP contribution in [0.1, 0.15) is 44.9 Å². The van der Waals surface area contributed by atoms with Crippen molar-refractivity contribution in [3.8, 4) is 0 Å². The van der Waals surface area contributed by atoms with Crippen LogP contribution in [0.25, 0.3) is 0 Å². The van der Waals surface area contributed by atoms with Crippen LogP contribution >= 0.6 is 0 Å². The summed E-state index contributed by atoms with van der Waals surface area (Å²) >= 11 is 0. The maximum atomic E-state index is 12.3. The first kappa shape index (κ1) is 15.3. The lowest BCUT2D eigenvalue weighted by Gasteiger charge is -2.36. The van der Waals surface area contributed by atoms with Gasteiger partial charge in [-0.1, -0.05) is 0 Å². The van der Waals surface area contributed by atoms with Crippen LogP contribution < -0.4 is 5.32 Å². The minimum atomic E-state index is -0.444. The number of hydrogen-bond acceptors (Lipinski definition) is 5. The molecule has 0 radical (unpaired) electrons. The van der Waals surface area contributed by atoms with Crippen molar-refractivity contribution in [3.63, 3.8) is 0 Å². The third kappa shape index (κ3) is 3.25. The summed E-state index contributed by atoms with van der Waals surface area (Å²) in [6.07, 6.45) is 7.45. The molecule has 0 aromatic heterocycles. The number of ether oxygens (including phenoxy) is 2. The Bertz CT molecular complexity index is 380. The molecule has 1 N–H and O–H groups in total. The summed E-state index contributed by atoms with van der Waals surface area (Å²) in [4.78, 5) is 14.8. The monoisotopic (exact) mass is 296 g/mol. The van der Waals surface area contributed by atoms with Crippen LogP contribution in [-0.2, 0) is 14.3 Å². The van der Waals surface area contributed by atoms with Crippen LogP contribution in [0.3, 0.4) is 0 Å². The predicted octanol–water partition coefficient (Wildman–Crippen LogP) is 1.31. The lowest BCUT2D eigenvalue weighted by atomic mass is 9.96. The molecule has 3 fully saturated rings. The highest BCUT2D eigenvalue weighted by molar-refractivity contribution is 5.81. The number of carbonyl (C=O) groups is 1. The van der Waals surface area contributed by atoms with E-state index in [1.54, 1.807) is 0 Å². The Morgan fingerprint density at radius 2 is 1.90 bits per heavy atom. The second-order valence-electron chi connectivity index (χ2n) is 6.90. The lowest BCUT2D eigenvalue weighted by Crippen LogP contribution is -2.53. The molecule has 2 aliphatic carbocycles. The fourth-order valence-electron chi connectivity index (χ4n) is 3.95. The molecule has 1 heterocycles. The number of rotatable bonds is 5. The second-order valence-corrected chi connectivity index (χ2v) is 6.90. The van der Waals surface area contributed by atoms with Gasteiger partial charge in [0.15, 0.2) is 0 Å². The molecule has 2 unspecified atom stereocenters. The highest BCUT2D eigenvalue weighted by Crippen LogP contribution is 2.38. The van der Waals surface area contributed by atoms with E-state index in [2.05, 4.69) is 17.3 Å². The van der Waals surface area contributed by atoms with Crippen molar-refractivity contribution >= 4 is 5.97 Å². The number of nitrogens with one attached hydrogen (secondary N) is 1. The molecule has 21 heavy (non-hydrogen) atoms. The summed E-state index contributed by atoms with van der Waals surface area (Å²) in [5.41, 5.74) is -0.444. The second kappa shape index (κ2) is 6.23. The van der Waals surface area contributed by atoms with E-state index in [1.807, 2.05) is 0 Å². The van der Waals surface area contributed by atoms with E-state index >= 15 is 0 Å². The van der Waals surface area contributed by atoms with Crippen LogP contribution in [-0.4, -0.2) is 61.9 Å². The van der Waals surface area contributed by atoms with Crippen molar-refractivity contribution in [1.29, 1.82) is 0 Å². The van der Waals surface area contributed by atoms with Gasteiger partial charge < -0.3 is 14.4 Å². The zero-order valence-electron chi connectivity index (χ0n) is 13.3. The summed E-state index contributed by atoms with van der Waals surface area (Å²) < 4.78 is 10.6. The third-order valence-corrected chi connectivity index (χ3v) is 5.47. The molecule has 0 aromatic carbocycles. The summed E-state index contributed by atoms with van der Waals surface area (Å²) in [7, 11) is 3.72. The van der Waals surface area contributed by atoms with Crippen LogP contribution in [0.5, 0.6) is 0 Å². The molecule has 5 heteroatoms. The van der Waals surface area contributed by atoms with Gasteiger partial charge in [0.25, 0.3) is 0 Å². The van der Waals surface area contributed by atoms with E-state index in [1.165, 1.54) is 20.0 Å². The summed E-state index contributed by atoms with van der Waals surface area (Å²) in [6.45, 7) is 1.73. The maximum Gasteiger partial charge on any atom is 0.326 e. The molecule has 0 amide bonds. The molecule has 2 saturated carbocycles. The predicted molar refractivity (Wildman–Crippen MR) is 80.1 cm³/mol. The van der Waals surface area contributed by atoms with Crippen molar-refractivity contribution in [2.45, 2.75) is 68.6 Å². The van der Waals surface area contributed by atoms with Gasteiger partial charge in [0, 0.05) is 31.3 Å². The molecule has 3 aliphatic rings. The summed E-state index contributed by atoms with van der Waals surface area (Å²) in [5, 5.41) is 3.58. The first-order chi connectivity index (χ1) is 10.1. The third-order valence-electron chi connectivity index (χ3n) is 5.47.